The van der Waals surface area contributed by atoms with Gasteiger partial charge in [-0.1, -0.05) is 0 Å². The molecule has 0 saturated heterocycles. The van der Waals surface area contributed by atoms with Crippen LogP contribution in [0.2, 0.25) is 0 Å². The second-order valence-electron chi connectivity index (χ2n) is 6.77. The van der Waals surface area contributed by atoms with Gasteiger partial charge in [-0.2, -0.15) is 8.42 Å². The summed E-state index contributed by atoms with van der Waals surface area (Å²) in [7, 11) is -4.37. The quantitative estimate of drug-likeness (QED) is 0.615. The van der Waals surface area contributed by atoms with Crippen LogP contribution in [0.25, 0.3) is 0 Å². The highest BCUT2D eigenvalue weighted by molar-refractivity contribution is 7.86. The number of hydrogen-bond acceptors (Lipinski definition) is 5. The lowest BCUT2D eigenvalue weighted by molar-refractivity contribution is -0.166. The molecule has 0 heterocycles. The number of rotatable bonds is 4. The monoisotopic (exact) mass is 316 g/mol. The van der Waals surface area contributed by atoms with E-state index in [4.69, 9.17) is 9.29 Å². The Morgan fingerprint density at radius 3 is 2.71 bits per heavy atom. The summed E-state index contributed by atoms with van der Waals surface area (Å²) < 4.78 is 35.2. The SMILES string of the molecule is CC(OC(=O)CS(=O)(=O)O)C1C2CC3CC(C2)C(=O)C1C3. The predicted octanol–water partition coefficient (Wildman–Crippen LogP) is 1.06. The molecule has 4 saturated carbocycles. The largest absolute Gasteiger partial charge is 0.462 e. The molecule has 0 spiro atoms. The molecular weight excluding hydrogens is 296 g/mol. The minimum atomic E-state index is -4.37. The van der Waals surface area contributed by atoms with E-state index in [9.17, 15) is 18.0 Å². The predicted molar refractivity (Wildman–Crippen MR) is 72.9 cm³/mol. The van der Waals surface area contributed by atoms with Gasteiger partial charge in [0, 0.05) is 17.8 Å². The molecule has 6 nitrogen and oxygen atoms in total. The van der Waals surface area contributed by atoms with Crippen LogP contribution in [0.3, 0.4) is 0 Å². The molecule has 4 fully saturated rings. The highest BCUT2D eigenvalue weighted by Crippen LogP contribution is 2.56. The zero-order valence-corrected chi connectivity index (χ0v) is 12.7. The maximum absolute atomic E-state index is 12.3. The van der Waals surface area contributed by atoms with E-state index in [0.717, 1.165) is 25.7 Å². The molecule has 118 valence electrons. The summed E-state index contributed by atoms with van der Waals surface area (Å²) in [5.41, 5.74) is 0. The van der Waals surface area contributed by atoms with Crippen molar-refractivity contribution in [2.24, 2.45) is 29.6 Å². The van der Waals surface area contributed by atoms with Gasteiger partial charge in [0.05, 0.1) is 0 Å². The molecule has 4 aliphatic carbocycles. The fourth-order valence-electron chi connectivity index (χ4n) is 4.86. The van der Waals surface area contributed by atoms with Crippen molar-refractivity contribution in [3.63, 3.8) is 0 Å². The first kappa shape index (κ1) is 15.0. The van der Waals surface area contributed by atoms with Crippen LogP contribution in [-0.4, -0.2) is 36.6 Å². The maximum Gasteiger partial charge on any atom is 0.323 e. The molecular formula is C14H20O6S. The number of esters is 1. The minimum absolute atomic E-state index is 0.00403. The van der Waals surface area contributed by atoms with Crippen molar-refractivity contribution in [2.75, 3.05) is 5.75 Å². The number of hydrogen-bond donors (Lipinski definition) is 1. The van der Waals surface area contributed by atoms with E-state index < -0.39 is 27.9 Å². The van der Waals surface area contributed by atoms with Gasteiger partial charge in [-0.05, 0) is 44.4 Å². The van der Waals surface area contributed by atoms with Crippen LogP contribution in [0.1, 0.15) is 32.6 Å². The molecule has 4 aliphatic rings. The molecule has 0 radical (unpaired) electrons. The van der Waals surface area contributed by atoms with Gasteiger partial charge in [0.2, 0.25) is 0 Å². The summed E-state index contributed by atoms with van der Waals surface area (Å²) in [5.74, 6) is -0.545. The molecule has 0 amide bonds. The lowest BCUT2D eigenvalue weighted by Crippen LogP contribution is -2.54. The highest BCUT2D eigenvalue weighted by atomic mass is 32.2. The molecule has 4 rings (SSSR count). The average molecular weight is 316 g/mol. The summed E-state index contributed by atoms with van der Waals surface area (Å²) in [6.45, 7) is 1.72. The number of Topliss-reactive ketones (excluding diaryl/α,β-unsaturated/α-hetero) is 1. The van der Waals surface area contributed by atoms with Crippen LogP contribution in [0, 0.1) is 29.6 Å². The number of ketones is 1. The summed E-state index contributed by atoms with van der Waals surface area (Å²) in [5, 5.41) is 0. The van der Waals surface area contributed by atoms with E-state index in [0.29, 0.717) is 17.6 Å². The van der Waals surface area contributed by atoms with E-state index in [1.165, 1.54) is 0 Å². The molecule has 1 N–H and O–H groups in total. The Kier molecular flexibility index (Phi) is 3.60. The summed E-state index contributed by atoms with van der Waals surface area (Å²) in [6, 6.07) is 0. The van der Waals surface area contributed by atoms with Gasteiger partial charge in [-0.3, -0.25) is 14.1 Å². The second-order valence-corrected chi connectivity index (χ2v) is 8.23. The Bertz CT molecular complexity index is 568. The van der Waals surface area contributed by atoms with Gasteiger partial charge in [0.1, 0.15) is 11.9 Å². The van der Waals surface area contributed by atoms with Crippen LogP contribution >= 0.6 is 0 Å². The van der Waals surface area contributed by atoms with Crippen LogP contribution in [-0.2, 0) is 24.4 Å². The topological polar surface area (TPSA) is 97.7 Å². The zero-order valence-electron chi connectivity index (χ0n) is 11.9. The van der Waals surface area contributed by atoms with Crippen molar-refractivity contribution in [1.29, 1.82) is 0 Å². The highest BCUT2D eigenvalue weighted by Gasteiger charge is 2.55. The Hall–Kier alpha value is -0.950. The first-order chi connectivity index (χ1) is 9.74. The van der Waals surface area contributed by atoms with Gasteiger partial charge in [0.15, 0.2) is 5.75 Å². The molecule has 6 unspecified atom stereocenters. The standard InChI is InChI=1S/C14H20O6S/c1-7(20-12(15)6-21(17,18)19)13-9-2-8-3-10(5-9)14(16)11(13)4-8/h7-11,13H,2-6H2,1H3,(H,17,18,19). The lowest BCUT2D eigenvalue weighted by Gasteiger charge is -2.54. The fraction of sp³-hybridized carbons (Fsp3) is 0.857. The molecule has 0 aliphatic heterocycles. The lowest BCUT2D eigenvalue weighted by atomic mass is 9.50. The maximum atomic E-state index is 12.3. The van der Waals surface area contributed by atoms with Gasteiger partial charge < -0.3 is 4.74 Å². The molecule has 0 aromatic rings. The first-order valence-electron chi connectivity index (χ1n) is 7.43. The van der Waals surface area contributed by atoms with Gasteiger partial charge >= 0.3 is 5.97 Å². The third kappa shape index (κ3) is 2.85. The van der Waals surface area contributed by atoms with E-state index in [-0.39, 0.29) is 17.8 Å². The van der Waals surface area contributed by atoms with Gasteiger partial charge in [-0.15, -0.1) is 0 Å². The zero-order chi connectivity index (χ0) is 15.4. The van der Waals surface area contributed by atoms with Crippen LogP contribution < -0.4 is 0 Å². The smallest absolute Gasteiger partial charge is 0.323 e. The third-order valence-electron chi connectivity index (χ3n) is 5.36. The molecule has 21 heavy (non-hydrogen) atoms. The molecule has 7 heteroatoms. The van der Waals surface area contributed by atoms with Crippen molar-refractivity contribution in [3.05, 3.63) is 0 Å². The first-order valence-corrected chi connectivity index (χ1v) is 9.04. The van der Waals surface area contributed by atoms with Crippen molar-refractivity contribution in [3.8, 4) is 0 Å². The minimum Gasteiger partial charge on any atom is -0.462 e. The fourth-order valence-corrected chi connectivity index (χ4v) is 5.22. The van der Waals surface area contributed by atoms with Crippen LogP contribution in [0.5, 0.6) is 0 Å². The van der Waals surface area contributed by atoms with Crippen molar-refractivity contribution in [2.45, 2.75) is 38.7 Å². The van der Waals surface area contributed by atoms with E-state index >= 15 is 0 Å². The third-order valence-corrected chi connectivity index (χ3v) is 5.97. The van der Waals surface area contributed by atoms with Gasteiger partial charge in [-0.25, -0.2) is 0 Å². The summed E-state index contributed by atoms with van der Waals surface area (Å²) >= 11 is 0. The number of ether oxygens (including phenoxy) is 1. The molecule has 4 bridgehead atoms. The Morgan fingerprint density at radius 1 is 1.33 bits per heavy atom. The molecule has 0 aromatic carbocycles. The van der Waals surface area contributed by atoms with Gasteiger partial charge in [0.25, 0.3) is 10.1 Å². The Balaban J connectivity index is 1.69. The van der Waals surface area contributed by atoms with E-state index in [1.54, 1.807) is 6.92 Å². The second kappa shape index (κ2) is 5.05. The summed E-state index contributed by atoms with van der Waals surface area (Å²) in [6.07, 6.45) is 3.34. The van der Waals surface area contributed by atoms with Crippen LogP contribution in [0.15, 0.2) is 0 Å². The van der Waals surface area contributed by atoms with Crippen LogP contribution in [0.4, 0.5) is 0 Å². The van der Waals surface area contributed by atoms with E-state index in [2.05, 4.69) is 0 Å². The van der Waals surface area contributed by atoms with Crippen molar-refractivity contribution < 1.29 is 27.3 Å². The Labute approximate surface area is 124 Å². The number of carbonyl (C=O) groups excluding carboxylic acids is 2. The molecule has 6 atom stereocenters. The van der Waals surface area contributed by atoms with E-state index in [1.807, 2.05) is 0 Å². The van der Waals surface area contributed by atoms with Crippen molar-refractivity contribution >= 4 is 21.9 Å². The molecule has 0 aromatic heterocycles. The average Bonchev–Trinajstić information content (AvgIpc) is 2.32. The Morgan fingerprint density at radius 2 is 2.05 bits per heavy atom. The summed E-state index contributed by atoms with van der Waals surface area (Å²) in [4.78, 5) is 23.9. The van der Waals surface area contributed by atoms with Crippen molar-refractivity contribution in [1.82, 2.24) is 0 Å². The normalized spacial score (nSPS) is 39.3. The number of carbonyl (C=O) groups is 2.